The van der Waals surface area contributed by atoms with Crippen LogP contribution in [0.15, 0.2) is 53.9 Å². The average Bonchev–Trinajstić information content (AvgIpc) is 3.24. The van der Waals surface area contributed by atoms with Gasteiger partial charge in [-0.3, -0.25) is 9.20 Å². The quantitative estimate of drug-likeness (QED) is 0.409. The Balaban J connectivity index is 1.64. The molecular formula is C18H13F3N4OS. The number of thioether (sulfide) groups is 1. The van der Waals surface area contributed by atoms with Crippen LogP contribution in [0.5, 0.6) is 0 Å². The first-order valence-corrected chi connectivity index (χ1v) is 8.91. The van der Waals surface area contributed by atoms with Crippen LogP contribution < -0.4 is 0 Å². The van der Waals surface area contributed by atoms with Gasteiger partial charge in [-0.15, -0.1) is 10.2 Å². The van der Waals surface area contributed by atoms with E-state index in [2.05, 4.69) is 15.2 Å². The van der Waals surface area contributed by atoms with E-state index < -0.39 is 17.0 Å². The molecule has 0 aliphatic rings. The van der Waals surface area contributed by atoms with E-state index in [-0.39, 0.29) is 16.6 Å². The standard InChI is InChI=1S/C18H13F3N4OS/c1-10(16(26)13-8-22-14-5-3-2-4-12(13)14)27-17-24-23-15-7-6-11(9-25(15)17)18(19,20)21/h2-10,22H,1H3. The molecule has 9 heteroatoms. The second-order valence-electron chi connectivity index (χ2n) is 6.00. The summed E-state index contributed by atoms with van der Waals surface area (Å²) in [6, 6.07) is 9.64. The van der Waals surface area contributed by atoms with E-state index >= 15 is 0 Å². The van der Waals surface area contributed by atoms with Crippen LogP contribution in [0, 0.1) is 0 Å². The number of alkyl halides is 3. The van der Waals surface area contributed by atoms with Crippen molar-refractivity contribution in [2.24, 2.45) is 0 Å². The Morgan fingerprint density at radius 2 is 1.96 bits per heavy atom. The molecule has 3 aromatic heterocycles. The number of ketones is 1. The number of aromatic nitrogens is 4. The molecule has 0 aliphatic heterocycles. The smallest absolute Gasteiger partial charge is 0.360 e. The van der Waals surface area contributed by atoms with Crippen molar-refractivity contribution >= 4 is 34.1 Å². The summed E-state index contributed by atoms with van der Waals surface area (Å²) in [7, 11) is 0. The number of hydrogen-bond donors (Lipinski definition) is 1. The Morgan fingerprint density at radius 1 is 1.19 bits per heavy atom. The zero-order valence-electron chi connectivity index (χ0n) is 14.0. The third-order valence-corrected chi connectivity index (χ3v) is 5.26. The number of hydrogen-bond acceptors (Lipinski definition) is 4. The minimum atomic E-state index is -4.47. The third-order valence-electron chi connectivity index (χ3n) is 4.20. The van der Waals surface area contributed by atoms with Gasteiger partial charge in [0.2, 0.25) is 0 Å². The number of pyridine rings is 1. The number of Topliss-reactive ketones (excluding diaryl/α,β-unsaturated/α-hetero) is 1. The van der Waals surface area contributed by atoms with Crippen molar-refractivity contribution in [3.05, 3.63) is 59.9 Å². The number of nitrogens with one attached hydrogen (secondary N) is 1. The molecule has 1 N–H and O–H groups in total. The fourth-order valence-electron chi connectivity index (χ4n) is 2.82. The second kappa shape index (κ2) is 6.41. The number of benzene rings is 1. The van der Waals surface area contributed by atoms with E-state index in [0.29, 0.717) is 5.56 Å². The number of nitrogens with zero attached hydrogens (tertiary/aromatic N) is 3. The van der Waals surface area contributed by atoms with Crippen LogP contribution in [0.1, 0.15) is 22.8 Å². The first kappa shape index (κ1) is 17.6. The lowest BCUT2D eigenvalue weighted by atomic mass is 10.1. The summed E-state index contributed by atoms with van der Waals surface area (Å²) in [5, 5.41) is 8.30. The maximum absolute atomic E-state index is 13.0. The van der Waals surface area contributed by atoms with Gasteiger partial charge in [0.05, 0.1) is 10.8 Å². The number of aromatic amines is 1. The summed E-state index contributed by atoms with van der Waals surface area (Å²) >= 11 is 1.07. The molecule has 0 saturated carbocycles. The predicted molar refractivity (Wildman–Crippen MR) is 95.9 cm³/mol. The van der Waals surface area contributed by atoms with Crippen molar-refractivity contribution in [1.29, 1.82) is 0 Å². The molecule has 0 radical (unpaired) electrons. The molecule has 0 spiro atoms. The van der Waals surface area contributed by atoms with E-state index in [9.17, 15) is 18.0 Å². The van der Waals surface area contributed by atoms with E-state index in [1.807, 2.05) is 24.3 Å². The van der Waals surface area contributed by atoms with E-state index in [0.717, 1.165) is 34.9 Å². The van der Waals surface area contributed by atoms with Gasteiger partial charge < -0.3 is 4.98 Å². The first-order chi connectivity index (χ1) is 12.8. The van der Waals surface area contributed by atoms with Crippen LogP contribution in [0.4, 0.5) is 13.2 Å². The lowest BCUT2D eigenvalue weighted by Gasteiger charge is -2.10. The van der Waals surface area contributed by atoms with Gasteiger partial charge >= 0.3 is 6.18 Å². The topological polar surface area (TPSA) is 63.1 Å². The second-order valence-corrected chi connectivity index (χ2v) is 7.31. The third kappa shape index (κ3) is 3.18. The van der Waals surface area contributed by atoms with Gasteiger partial charge in [0.15, 0.2) is 16.6 Å². The highest BCUT2D eigenvalue weighted by Crippen LogP contribution is 2.31. The average molecular weight is 390 g/mol. The fraction of sp³-hybridized carbons (Fsp3) is 0.167. The zero-order chi connectivity index (χ0) is 19.2. The number of carbonyl (C=O) groups is 1. The van der Waals surface area contributed by atoms with Crippen molar-refractivity contribution in [3.63, 3.8) is 0 Å². The monoisotopic (exact) mass is 390 g/mol. The fourth-order valence-corrected chi connectivity index (χ4v) is 3.72. The van der Waals surface area contributed by atoms with Crippen LogP contribution >= 0.6 is 11.8 Å². The van der Waals surface area contributed by atoms with Crippen LogP contribution in [-0.4, -0.2) is 30.6 Å². The molecule has 0 fully saturated rings. The molecule has 0 bridgehead atoms. The molecule has 0 saturated heterocycles. The van der Waals surface area contributed by atoms with Crippen molar-refractivity contribution in [2.45, 2.75) is 23.5 Å². The minimum absolute atomic E-state index is 0.138. The highest BCUT2D eigenvalue weighted by molar-refractivity contribution is 8.00. The molecule has 0 amide bonds. The number of halogens is 3. The molecule has 27 heavy (non-hydrogen) atoms. The first-order valence-electron chi connectivity index (χ1n) is 8.03. The van der Waals surface area contributed by atoms with Crippen LogP contribution in [0.25, 0.3) is 16.6 Å². The predicted octanol–water partition coefficient (Wildman–Crippen LogP) is 4.59. The van der Waals surface area contributed by atoms with E-state index in [1.54, 1.807) is 13.1 Å². The van der Waals surface area contributed by atoms with Gasteiger partial charge in [0.25, 0.3) is 0 Å². The molecule has 138 valence electrons. The lowest BCUT2D eigenvalue weighted by molar-refractivity contribution is -0.137. The normalized spacial score (nSPS) is 13.3. The summed E-state index contributed by atoms with van der Waals surface area (Å²) in [5.41, 5.74) is 0.876. The Morgan fingerprint density at radius 3 is 2.74 bits per heavy atom. The molecule has 1 unspecified atom stereocenters. The molecule has 3 heterocycles. The highest BCUT2D eigenvalue weighted by Gasteiger charge is 2.31. The maximum Gasteiger partial charge on any atom is 0.417 e. The Labute approximate surface area is 155 Å². The molecule has 5 nitrogen and oxygen atoms in total. The number of carbonyl (C=O) groups excluding carboxylic acids is 1. The molecule has 1 aromatic carbocycles. The summed E-state index contributed by atoms with van der Waals surface area (Å²) in [5.74, 6) is -0.138. The lowest BCUT2D eigenvalue weighted by Crippen LogP contribution is -2.14. The summed E-state index contributed by atoms with van der Waals surface area (Å²) in [6.07, 6.45) is -1.87. The van der Waals surface area contributed by atoms with Gasteiger partial charge in [-0.05, 0) is 25.1 Å². The van der Waals surface area contributed by atoms with E-state index in [1.165, 1.54) is 10.5 Å². The number of rotatable bonds is 4. The SMILES string of the molecule is CC(Sc1nnc2ccc(C(F)(F)F)cn12)C(=O)c1c[nH]c2ccccc12. The van der Waals surface area contributed by atoms with Gasteiger partial charge in [-0.2, -0.15) is 13.2 Å². The van der Waals surface area contributed by atoms with Gasteiger partial charge in [-0.25, -0.2) is 0 Å². The van der Waals surface area contributed by atoms with Gasteiger partial charge in [0.1, 0.15) is 0 Å². The zero-order valence-corrected chi connectivity index (χ0v) is 14.8. The molecular weight excluding hydrogens is 377 g/mol. The highest BCUT2D eigenvalue weighted by atomic mass is 32.2. The van der Waals surface area contributed by atoms with Crippen LogP contribution in [0.3, 0.4) is 0 Å². The van der Waals surface area contributed by atoms with E-state index in [4.69, 9.17) is 0 Å². The Bertz CT molecular complexity index is 1150. The maximum atomic E-state index is 13.0. The Kier molecular flexibility index (Phi) is 4.18. The summed E-state index contributed by atoms with van der Waals surface area (Å²) in [6.45, 7) is 1.70. The molecule has 1 atom stereocenters. The number of H-pyrrole nitrogens is 1. The van der Waals surface area contributed by atoms with Crippen molar-refractivity contribution < 1.29 is 18.0 Å². The van der Waals surface area contributed by atoms with Crippen molar-refractivity contribution in [2.75, 3.05) is 0 Å². The van der Waals surface area contributed by atoms with Gasteiger partial charge in [-0.1, -0.05) is 30.0 Å². The molecule has 4 aromatic rings. The van der Waals surface area contributed by atoms with Crippen LogP contribution in [0.2, 0.25) is 0 Å². The largest absolute Gasteiger partial charge is 0.417 e. The Hall–Kier alpha value is -2.81. The molecule has 0 aliphatic carbocycles. The summed E-state index contributed by atoms with van der Waals surface area (Å²) < 4.78 is 40.1. The summed E-state index contributed by atoms with van der Waals surface area (Å²) in [4.78, 5) is 15.9. The van der Waals surface area contributed by atoms with Crippen molar-refractivity contribution in [1.82, 2.24) is 19.6 Å². The van der Waals surface area contributed by atoms with Crippen LogP contribution in [-0.2, 0) is 6.18 Å². The van der Waals surface area contributed by atoms with Crippen molar-refractivity contribution in [3.8, 4) is 0 Å². The number of para-hydroxylation sites is 1. The number of fused-ring (bicyclic) bond motifs is 2. The van der Waals surface area contributed by atoms with Gasteiger partial charge in [0, 0.05) is 28.9 Å². The minimum Gasteiger partial charge on any atom is -0.360 e. The molecule has 4 rings (SSSR count).